The van der Waals surface area contributed by atoms with Gasteiger partial charge in [0.2, 0.25) is 0 Å². The van der Waals surface area contributed by atoms with Gasteiger partial charge in [0.15, 0.2) is 0 Å². The quantitative estimate of drug-likeness (QED) is 0.704. The number of rotatable bonds is 2. The molecule has 0 aromatic heterocycles. The van der Waals surface area contributed by atoms with Crippen LogP contribution in [0.15, 0.2) is 0 Å². The lowest BCUT2D eigenvalue weighted by molar-refractivity contribution is -0.0135. The first-order chi connectivity index (χ1) is 6.34. The first-order valence-corrected chi connectivity index (χ1v) is 5.68. The molecule has 1 aliphatic carbocycles. The van der Waals surface area contributed by atoms with Crippen molar-refractivity contribution in [3.05, 3.63) is 0 Å². The van der Waals surface area contributed by atoms with E-state index in [1.165, 1.54) is 32.1 Å². The van der Waals surface area contributed by atoms with E-state index in [-0.39, 0.29) is 6.10 Å². The van der Waals surface area contributed by atoms with Crippen molar-refractivity contribution in [1.82, 2.24) is 0 Å². The van der Waals surface area contributed by atoms with Crippen LogP contribution in [0, 0.1) is 11.8 Å². The molecule has 0 radical (unpaired) electrons. The number of aliphatic hydroxyl groups is 1. The fourth-order valence-corrected chi connectivity index (χ4v) is 3.17. The molecular weight excluding hydrogens is 164 g/mol. The van der Waals surface area contributed by atoms with Gasteiger partial charge < -0.3 is 9.84 Å². The van der Waals surface area contributed by atoms with E-state index in [2.05, 4.69) is 0 Å². The summed E-state index contributed by atoms with van der Waals surface area (Å²) in [6.45, 7) is 0. The lowest BCUT2D eigenvalue weighted by Crippen LogP contribution is -2.38. The molecule has 1 saturated carbocycles. The highest BCUT2D eigenvalue weighted by Crippen LogP contribution is 2.44. The molecule has 3 fully saturated rings. The van der Waals surface area contributed by atoms with Gasteiger partial charge in [-0.15, -0.1) is 0 Å². The van der Waals surface area contributed by atoms with Gasteiger partial charge in [0.25, 0.3) is 0 Å². The van der Waals surface area contributed by atoms with Crippen molar-refractivity contribution in [2.75, 3.05) is 0 Å². The van der Waals surface area contributed by atoms with E-state index in [0.29, 0.717) is 24.0 Å². The Hall–Kier alpha value is -0.0800. The Morgan fingerprint density at radius 3 is 2.46 bits per heavy atom. The summed E-state index contributed by atoms with van der Waals surface area (Å²) in [4.78, 5) is 0. The minimum absolute atomic E-state index is 0.0518. The molecule has 74 valence electrons. The lowest BCUT2D eigenvalue weighted by Gasteiger charge is -2.35. The van der Waals surface area contributed by atoms with Crippen molar-refractivity contribution < 1.29 is 9.84 Å². The first-order valence-electron chi connectivity index (χ1n) is 5.68. The molecule has 2 saturated heterocycles. The van der Waals surface area contributed by atoms with Gasteiger partial charge in [-0.25, -0.2) is 0 Å². The molecule has 0 spiro atoms. The van der Waals surface area contributed by atoms with E-state index in [4.69, 9.17) is 4.74 Å². The number of aliphatic hydroxyl groups excluding tert-OH is 1. The molecule has 1 N–H and O–H groups in total. The van der Waals surface area contributed by atoms with Crippen LogP contribution in [0.5, 0.6) is 0 Å². The maximum atomic E-state index is 10.1. The topological polar surface area (TPSA) is 29.5 Å². The smallest absolute Gasteiger partial charge is 0.0633 e. The Labute approximate surface area is 79.3 Å². The molecule has 2 aliphatic heterocycles. The highest BCUT2D eigenvalue weighted by molar-refractivity contribution is 4.95. The second-order valence-electron chi connectivity index (χ2n) is 4.96. The van der Waals surface area contributed by atoms with Gasteiger partial charge in [-0.1, -0.05) is 6.42 Å². The van der Waals surface area contributed by atoms with E-state index in [9.17, 15) is 5.11 Å². The van der Waals surface area contributed by atoms with Crippen LogP contribution in [0.4, 0.5) is 0 Å². The second kappa shape index (κ2) is 2.96. The van der Waals surface area contributed by atoms with Crippen molar-refractivity contribution in [1.29, 1.82) is 0 Å². The summed E-state index contributed by atoms with van der Waals surface area (Å²) in [6, 6.07) is 0. The van der Waals surface area contributed by atoms with Crippen LogP contribution in [0.2, 0.25) is 0 Å². The summed E-state index contributed by atoms with van der Waals surface area (Å²) in [5.74, 6) is 1.08. The van der Waals surface area contributed by atoms with Crippen LogP contribution >= 0.6 is 0 Å². The van der Waals surface area contributed by atoms with Crippen molar-refractivity contribution in [2.24, 2.45) is 11.8 Å². The van der Waals surface area contributed by atoms with Crippen LogP contribution in [0.25, 0.3) is 0 Å². The van der Waals surface area contributed by atoms with Crippen LogP contribution in [0.3, 0.4) is 0 Å². The normalized spacial score (nSPS) is 46.4. The van der Waals surface area contributed by atoms with E-state index in [0.717, 1.165) is 6.42 Å². The predicted octanol–water partition coefficient (Wildman–Crippen LogP) is 1.71. The summed E-state index contributed by atoms with van der Waals surface area (Å²) >= 11 is 0. The van der Waals surface area contributed by atoms with Gasteiger partial charge in [-0.3, -0.25) is 0 Å². The van der Waals surface area contributed by atoms with Crippen molar-refractivity contribution >= 4 is 0 Å². The molecular formula is C11H18O2. The van der Waals surface area contributed by atoms with Crippen molar-refractivity contribution in [3.8, 4) is 0 Å². The molecule has 4 unspecified atom stereocenters. The van der Waals surface area contributed by atoms with Gasteiger partial charge in [-0.05, 0) is 38.0 Å². The molecule has 2 heteroatoms. The predicted molar refractivity (Wildman–Crippen MR) is 49.3 cm³/mol. The molecule has 3 aliphatic rings. The lowest BCUT2D eigenvalue weighted by atomic mass is 9.72. The zero-order chi connectivity index (χ0) is 8.84. The average Bonchev–Trinajstić information content (AvgIpc) is 2.59. The van der Waals surface area contributed by atoms with Gasteiger partial charge in [0.05, 0.1) is 18.3 Å². The number of ether oxygens (including phenoxy) is 1. The Balaban J connectivity index is 1.65. The van der Waals surface area contributed by atoms with Crippen LogP contribution in [-0.4, -0.2) is 23.4 Å². The van der Waals surface area contributed by atoms with Crippen LogP contribution < -0.4 is 0 Å². The van der Waals surface area contributed by atoms with E-state index >= 15 is 0 Å². The van der Waals surface area contributed by atoms with Crippen molar-refractivity contribution in [2.45, 2.75) is 56.8 Å². The third-order valence-corrected chi connectivity index (χ3v) is 4.22. The highest BCUT2D eigenvalue weighted by Gasteiger charge is 2.46. The maximum Gasteiger partial charge on any atom is 0.0633 e. The van der Waals surface area contributed by atoms with Crippen molar-refractivity contribution in [3.63, 3.8) is 0 Å². The fourth-order valence-electron chi connectivity index (χ4n) is 3.17. The van der Waals surface area contributed by atoms with Gasteiger partial charge in [0, 0.05) is 5.92 Å². The molecule has 13 heavy (non-hydrogen) atoms. The van der Waals surface area contributed by atoms with Gasteiger partial charge >= 0.3 is 0 Å². The second-order valence-corrected chi connectivity index (χ2v) is 4.96. The van der Waals surface area contributed by atoms with Gasteiger partial charge in [0.1, 0.15) is 0 Å². The summed E-state index contributed by atoms with van der Waals surface area (Å²) in [7, 11) is 0. The van der Waals surface area contributed by atoms with E-state index in [1.54, 1.807) is 0 Å². The molecule has 2 bridgehead atoms. The monoisotopic (exact) mass is 182 g/mol. The Morgan fingerprint density at radius 2 is 2.00 bits per heavy atom. The summed E-state index contributed by atoms with van der Waals surface area (Å²) < 4.78 is 5.76. The largest absolute Gasteiger partial charge is 0.392 e. The molecule has 3 rings (SSSR count). The first kappa shape index (κ1) is 8.25. The molecule has 0 amide bonds. The minimum Gasteiger partial charge on any atom is -0.392 e. The fraction of sp³-hybridized carbons (Fsp3) is 1.00. The molecule has 2 nitrogen and oxygen atoms in total. The van der Waals surface area contributed by atoms with Gasteiger partial charge in [-0.2, -0.15) is 0 Å². The SMILES string of the molecule is OC(C1CCC1)C1CC2CCC1O2. The molecule has 2 heterocycles. The molecule has 0 aromatic carbocycles. The van der Waals surface area contributed by atoms with Crippen LogP contribution in [-0.2, 0) is 4.74 Å². The van der Waals surface area contributed by atoms with Crippen LogP contribution in [0.1, 0.15) is 38.5 Å². The summed E-state index contributed by atoms with van der Waals surface area (Å²) in [5, 5.41) is 10.1. The maximum absolute atomic E-state index is 10.1. The zero-order valence-electron chi connectivity index (χ0n) is 7.98. The zero-order valence-corrected chi connectivity index (χ0v) is 7.98. The Morgan fingerprint density at radius 1 is 1.15 bits per heavy atom. The number of hydrogen-bond acceptors (Lipinski definition) is 2. The molecule has 0 aromatic rings. The summed E-state index contributed by atoms with van der Waals surface area (Å²) in [6.07, 6.45) is 8.21. The number of hydrogen-bond donors (Lipinski definition) is 1. The third-order valence-electron chi connectivity index (χ3n) is 4.22. The van der Waals surface area contributed by atoms with E-state index < -0.39 is 0 Å². The standard InChI is InChI=1S/C11H18O2/c12-11(7-2-1-3-7)9-6-8-4-5-10(9)13-8/h7-12H,1-6H2. The Bertz CT molecular complexity index is 200. The number of fused-ring (bicyclic) bond motifs is 2. The highest BCUT2D eigenvalue weighted by atomic mass is 16.5. The summed E-state index contributed by atoms with van der Waals surface area (Å²) in [5.41, 5.74) is 0. The Kier molecular flexibility index (Phi) is 1.88. The minimum atomic E-state index is -0.0518. The van der Waals surface area contributed by atoms with E-state index in [1.807, 2.05) is 0 Å². The third kappa shape index (κ3) is 1.23. The average molecular weight is 182 g/mol. The molecule has 4 atom stereocenters.